The first-order valence-electron chi connectivity index (χ1n) is 11.1. The van der Waals surface area contributed by atoms with E-state index >= 15 is 0 Å². The van der Waals surface area contributed by atoms with E-state index in [0.717, 1.165) is 35.9 Å². The van der Waals surface area contributed by atoms with Gasteiger partial charge in [0.2, 0.25) is 0 Å². The van der Waals surface area contributed by atoms with E-state index in [2.05, 4.69) is 39.8 Å². The fourth-order valence-electron chi connectivity index (χ4n) is 2.86. The molecule has 32 heavy (non-hydrogen) atoms. The Hall–Kier alpha value is -2.77. The van der Waals surface area contributed by atoms with Gasteiger partial charge in [-0.15, -0.1) is 0 Å². The quantitative estimate of drug-likeness (QED) is 0.276. The van der Waals surface area contributed by atoms with Crippen molar-refractivity contribution >= 4 is 17.3 Å². The van der Waals surface area contributed by atoms with Gasteiger partial charge in [0, 0.05) is 45.7 Å². The third kappa shape index (κ3) is 10.0. The molecule has 0 aromatic heterocycles. The Morgan fingerprint density at radius 3 is 2.31 bits per heavy atom. The molecule has 2 rings (SSSR count). The smallest absolute Gasteiger partial charge is 0.196 e. The number of nitrogens with one attached hydrogen (secondary N) is 2. The summed E-state index contributed by atoms with van der Waals surface area (Å²) in [5.41, 5.74) is 3.28. The highest BCUT2D eigenvalue weighted by Crippen LogP contribution is 2.17. The average Bonchev–Trinajstić information content (AvgIpc) is 2.77. The molecule has 0 spiro atoms. The predicted octanol–water partition coefficient (Wildman–Crippen LogP) is 4.15. The zero-order valence-corrected chi connectivity index (χ0v) is 20.1. The molecule has 0 atom stereocenters. The van der Waals surface area contributed by atoms with E-state index in [9.17, 15) is 0 Å². The molecule has 0 saturated heterocycles. The molecule has 0 aliphatic carbocycles. The van der Waals surface area contributed by atoms with Crippen LogP contribution in [0.5, 0.6) is 5.75 Å². The zero-order valence-electron chi connectivity index (χ0n) is 20.1. The highest BCUT2D eigenvalue weighted by atomic mass is 16.5. The van der Waals surface area contributed by atoms with Crippen LogP contribution in [0.25, 0.3) is 0 Å². The molecule has 2 aromatic carbocycles. The Bertz CT molecular complexity index is 790. The van der Waals surface area contributed by atoms with Gasteiger partial charge in [-0.05, 0) is 62.2 Å². The lowest BCUT2D eigenvalue weighted by Crippen LogP contribution is -2.32. The van der Waals surface area contributed by atoms with Gasteiger partial charge in [-0.25, -0.2) is 4.99 Å². The molecular weight excluding hydrogens is 404 g/mol. The van der Waals surface area contributed by atoms with Crippen LogP contribution in [0.15, 0.2) is 53.5 Å². The van der Waals surface area contributed by atoms with E-state index in [-0.39, 0.29) is 6.10 Å². The van der Waals surface area contributed by atoms with E-state index in [1.54, 1.807) is 7.11 Å². The van der Waals surface area contributed by atoms with Gasteiger partial charge in [-0.3, -0.25) is 0 Å². The van der Waals surface area contributed by atoms with Crippen molar-refractivity contribution in [1.29, 1.82) is 0 Å². The first-order valence-corrected chi connectivity index (χ1v) is 11.1. The van der Waals surface area contributed by atoms with Gasteiger partial charge in [0.25, 0.3) is 0 Å². The number of rotatable bonds is 13. The number of anilines is 2. The summed E-state index contributed by atoms with van der Waals surface area (Å²) in [6.45, 7) is 7.29. The second kappa shape index (κ2) is 14.3. The standard InChI is InChI=1S/C25H38N4O3/c1-20(2)32-24-13-9-22(10-14-24)28-25(26-15-6-16-31-18-17-30-5)27-19-21-7-11-23(12-8-21)29(3)4/h7-14,20H,6,15-19H2,1-5H3,(H2,26,27,28). The molecule has 0 unspecified atom stereocenters. The van der Waals surface area contributed by atoms with Gasteiger partial charge >= 0.3 is 0 Å². The van der Waals surface area contributed by atoms with Crippen LogP contribution in [0.2, 0.25) is 0 Å². The number of guanidine groups is 1. The van der Waals surface area contributed by atoms with E-state index in [1.165, 1.54) is 5.69 Å². The van der Waals surface area contributed by atoms with Crippen molar-refractivity contribution in [1.82, 2.24) is 5.32 Å². The summed E-state index contributed by atoms with van der Waals surface area (Å²) in [7, 11) is 5.75. The van der Waals surface area contributed by atoms with Gasteiger partial charge in [-0.2, -0.15) is 0 Å². The second-order valence-corrected chi connectivity index (χ2v) is 7.93. The van der Waals surface area contributed by atoms with Crippen molar-refractivity contribution in [3.05, 3.63) is 54.1 Å². The molecular formula is C25H38N4O3. The summed E-state index contributed by atoms with van der Waals surface area (Å²) >= 11 is 0. The fourth-order valence-corrected chi connectivity index (χ4v) is 2.86. The van der Waals surface area contributed by atoms with Crippen molar-refractivity contribution in [2.45, 2.75) is 32.9 Å². The minimum absolute atomic E-state index is 0.151. The lowest BCUT2D eigenvalue weighted by atomic mass is 10.2. The molecule has 2 aromatic rings. The Labute approximate surface area is 192 Å². The SMILES string of the molecule is COCCOCCCNC(=NCc1ccc(N(C)C)cc1)Nc1ccc(OC(C)C)cc1. The molecule has 0 aliphatic rings. The van der Waals surface area contributed by atoms with Gasteiger partial charge in [-0.1, -0.05) is 12.1 Å². The number of hydrogen-bond donors (Lipinski definition) is 2. The minimum Gasteiger partial charge on any atom is -0.491 e. The Morgan fingerprint density at radius 2 is 1.69 bits per heavy atom. The van der Waals surface area contributed by atoms with Gasteiger partial charge in [0.1, 0.15) is 5.75 Å². The molecule has 7 nitrogen and oxygen atoms in total. The minimum atomic E-state index is 0.151. The maximum Gasteiger partial charge on any atom is 0.196 e. The number of nitrogens with zero attached hydrogens (tertiary/aromatic N) is 2. The molecule has 0 radical (unpaired) electrons. The van der Waals surface area contributed by atoms with E-state index in [0.29, 0.717) is 26.4 Å². The largest absolute Gasteiger partial charge is 0.491 e. The number of benzene rings is 2. The molecule has 0 fully saturated rings. The molecule has 0 heterocycles. The molecule has 0 aliphatic heterocycles. The maximum absolute atomic E-state index is 5.73. The third-order valence-electron chi connectivity index (χ3n) is 4.55. The Kier molecular flexibility index (Phi) is 11.4. The summed E-state index contributed by atoms with van der Waals surface area (Å²) in [5, 5.41) is 6.78. The lowest BCUT2D eigenvalue weighted by molar-refractivity contribution is 0.0699. The zero-order chi connectivity index (χ0) is 23.2. The van der Waals surface area contributed by atoms with Crippen molar-refractivity contribution in [3.63, 3.8) is 0 Å². The van der Waals surface area contributed by atoms with Crippen molar-refractivity contribution in [2.75, 3.05) is 57.8 Å². The normalized spacial score (nSPS) is 11.5. The highest BCUT2D eigenvalue weighted by molar-refractivity contribution is 5.93. The Balaban J connectivity index is 1.97. The first-order chi connectivity index (χ1) is 15.5. The van der Waals surface area contributed by atoms with Crippen molar-refractivity contribution in [3.8, 4) is 5.75 Å². The van der Waals surface area contributed by atoms with E-state index in [4.69, 9.17) is 19.2 Å². The molecule has 0 bridgehead atoms. The summed E-state index contributed by atoms with van der Waals surface area (Å²) in [6.07, 6.45) is 1.03. The van der Waals surface area contributed by atoms with Gasteiger partial charge in [0.05, 0.1) is 25.9 Å². The monoisotopic (exact) mass is 442 g/mol. The topological polar surface area (TPSA) is 67.4 Å². The molecule has 0 saturated carbocycles. The molecule has 7 heteroatoms. The van der Waals surface area contributed by atoms with Crippen molar-refractivity contribution < 1.29 is 14.2 Å². The van der Waals surface area contributed by atoms with Crippen LogP contribution < -0.4 is 20.3 Å². The average molecular weight is 443 g/mol. The summed E-state index contributed by atoms with van der Waals surface area (Å²) in [5.74, 6) is 1.59. The van der Waals surface area contributed by atoms with Crippen LogP contribution in [-0.4, -0.2) is 59.6 Å². The number of hydrogen-bond acceptors (Lipinski definition) is 5. The van der Waals surface area contributed by atoms with Crippen LogP contribution in [-0.2, 0) is 16.0 Å². The maximum atomic E-state index is 5.73. The van der Waals surface area contributed by atoms with Crippen molar-refractivity contribution in [2.24, 2.45) is 4.99 Å². The third-order valence-corrected chi connectivity index (χ3v) is 4.55. The first kappa shape index (κ1) is 25.5. The fraction of sp³-hybridized carbons (Fsp3) is 0.480. The van der Waals surface area contributed by atoms with Gasteiger partial charge < -0.3 is 29.7 Å². The predicted molar refractivity (Wildman–Crippen MR) is 133 cm³/mol. The van der Waals surface area contributed by atoms with Crippen LogP contribution in [0.4, 0.5) is 11.4 Å². The molecule has 176 valence electrons. The van der Waals surface area contributed by atoms with Crippen LogP contribution in [0.3, 0.4) is 0 Å². The number of aliphatic imine (C=N–C) groups is 1. The van der Waals surface area contributed by atoms with Crippen LogP contribution in [0.1, 0.15) is 25.8 Å². The van der Waals surface area contributed by atoms with Gasteiger partial charge in [0.15, 0.2) is 5.96 Å². The summed E-state index contributed by atoms with van der Waals surface area (Å²) in [4.78, 5) is 6.86. The van der Waals surface area contributed by atoms with Crippen LogP contribution >= 0.6 is 0 Å². The van der Waals surface area contributed by atoms with E-state index < -0.39 is 0 Å². The molecule has 2 N–H and O–H groups in total. The Morgan fingerprint density at radius 1 is 0.969 bits per heavy atom. The molecule has 0 amide bonds. The highest BCUT2D eigenvalue weighted by Gasteiger charge is 2.03. The number of ether oxygens (including phenoxy) is 3. The lowest BCUT2D eigenvalue weighted by Gasteiger charge is -2.15. The van der Waals surface area contributed by atoms with E-state index in [1.807, 2.05) is 52.2 Å². The number of methoxy groups -OCH3 is 1. The summed E-state index contributed by atoms with van der Waals surface area (Å²) < 4.78 is 16.3. The second-order valence-electron chi connectivity index (χ2n) is 7.93. The van der Waals surface area contributed by atoms with Crippen LogP contribution in [0, 0.1) is 0 Å². The summed E-state index contributed by atoms with van der Waals surface area (Å²) in [6, 6.07) is 16.3.